The van der Waals surface area contributed by atoms with Crippen LogP contribution in [0.3, 0.4) is 0 Å². The molecule has 11 heteroatoms. The molecule has 0 radical (unpaired) electrons. The molecule has 1 amide bonds. The number of piperazine rings is 1. The smallest absolute Gasteiger partial charge is 0.243 e. The lowest BCUT2D eigenvalue weighted by Crippen LogP contribution is -2.49. The Kier molecular flexibility index (Phi) is 8.01. The average Bonchev–Trinajstić information content (AvgIpc) is 3.36. The van der Waals surface area contributed by atoms with Crippen LogP contribution in [0.2, 0.25) is 0 Å². The van der Waals surface area contributed by atoms with Crippen LogP contribution in [0.25, 0.3) is 11.3 Å². The van der Waals surface area contributed by atoms with Crippen molar-refractivity contribution in [3.05, 3.63) is 53.9 Å². The molecule has 4 rings (SSSR count). The molecule has 35 heavy (non-hydrogen) atoms. The zero-order valence-corrected chi connectivity index (χ0v) is 21.3. The van der Waals surface area contributed by atoms with Crippen molar-refractivity contribution >= 4 is 32.4 Å². The molecular weight excluding hydrogens is 488 g/mol. The molecule has 0 unspecified atom stereocenters. The van der Waals surface area contributed by atoms with Crippen LogP contribution in [0.15, 0.2) is 58.8 Å². The number of hydrogen-bond donors (Lipinski definition) is 1. The number of nitrogens with one attached hydrogen (secondary N) is 1. The summed E-state index contributed by atoms with van der Waals surface area (Å²) in [5.74, 6) is 0.734. The van der Waals surface area contributed by atoms with E-state index >= 15 is 0 Å². The van der Waals surface area contributed by atoms with Gasteiger partial charge in [0.15, 0.2) is 16.6 Å². The molecule has 1 aliphatic heterocycles. The van der Waals surface area contributed by atoms with Crippen molar-refractivity contribution in [2.45, 2.75) is 11.3 Å². The van der Waals surface area contributed by atoms with Crippen molar-refractivity contribution in [2.75, 3.05) is 52.3 Å². The molecule has 0 bridgehead atoms. The predicted octanol–water partition coefficient (Wildman–Crippen LogP) is 3.16. The summed E-state index contributed by atoms with van der Waals surface area (Å²) >= 11 is 1.39. The first-order chi connectivity index (χ1) is 16.9. The van der Waals surface area contributed by atoms with Gasteiger partial charge in [-0.3, -0.25) is 4.79 Å². The van der Waals surface area contributed by atoms with Crippen molar-refractivity contribution in [3.63, 3.8) is 0 Å². The molecule has 9 nitrogen and oxygen atoms in total. The highest BCUT2D eigenvalue weighted by Crippen LogP contribution is 2.31. The second-order valence-electron chi connectivity index (χ2n) is 7.96. The maximum absolute atomic E-state index is 13.1. The van der Waals surface area contributed by atoms with Crippen LogP contribution in [-0.4, -0.2) is 75.5 Å². The third-order valence-corrected chi connectivity index (χ3v) is 8.45. The van der Waals surface area contributed by atoms with Crippen LogP contribution in [0.1, 0.15) is 6.42 Å². The van der Waals surface area contributed by atoms with Gasteiger partial charge in [0.2, 0.25) is 15.9 Å². The first kappa shape index (κ1) is 25.1. The number of carbonyl (C=O) groups is 1. The minimum Gasteiger partial charge on any atom is -0.493 e. The molecule has 1 aliphatic rings. The van der Waals surface area contributed by atoms with E-state index in [1.165, 1.54) is 42.0 Å². The Morgan fingerprint density at radius 3 is 2.43 bits per heavy atom. The van der Waals surface area contributed by atoms with Crippen LogP contribution in [0.5, 0.6) is 11.5 Å². The minimum atomic E-state index is -3.65. The molecule has 0 aliphatic carbocycles. The van der Waals surface area contributed by atoms with Gasteiger partial charge in [-0.15, -0.1) is 11.3 Å². The zero-order valence-electron chi connectivity index (χ0n) is 19.6. The van der Waals surface area contributed by atoms with E-state index in [2.05, 4.69) is 15.2 Å². The third kappa shape index (κ3) is 5.99. The van der Waals surface area contributed by atoms with Gasteiger partial charge in [0, 0.05) is 56.2 Å². The highest BCUT2D eigenvalue weighted by molar-refractivity contribution is 7.89. The molecule has 3 aromatic rings. The summed E-state index contributed by atoms with van der Waals surface area (Å²) in [6.45, 7) is 2.35. The summed E-state index contributed by atoms with van der Waals surface area (Å²) in [6, 6.07) is 14.4. The lowest BCUT2D eigenvalue weighted by Gasteiger charge is -2.33. The summed E-state index contributed by atoms with van der Waals surface area (Å²) in [5.41, 5.74) is 1.84. The summed E-state index contributed by atoms with van der Waals surface area (Å²) in [6.07, 6.45) is 0.308. The lowest BCUT2D eigenvalue weighted by molar-refractivity contribution is -0.116. The number of thiazole rings is 1. The zero-order chi connectivity index (χ0) is 24.8. The third-order valence-electron chi connectivity index (χ3n) is 5.80. The van der Waals surface area contributed by atoms with Crippen molar-refractivity contribution in [3.8, 4) is 22.8 Å². The van der Waals surface area contributed by atoms with Gasteiger partial charge in [0.1, 0.15) is 0 Å². The van der Waals surface area contributed by atoms with E-state index < -0.39 is 10.0 Å². The van der Waals surface area contributed by atoms with Crippen molar-refractivity contribution in [2.24, 2.45) is 0 Å². The average molecular weight is 517 g/mol. The standard InChI is InChI=1S/C24H28N4O5S2/c1-32-21-9-8-19(16-22(21)33-2)35(30,31)28-14-12-27(13-15-28)11-10-23(29)26-24-25-20(17-34-24)18-6-4-3-5-7-18/h3-9,16-17H,10-15H2,1-2H3,(H,25,26,29). The lowest BCUT2D eigenvalue weighted by atomic mass is 10.2. The van der Waals surface area contributed by atoms with E-state index in [4.69, 9.17) is 9.47 Å². The molecule has 186 valence electrons. The number of aromatic nitrogens is 1. The Morgan fingerprint density at radius 1 is 1.03 bits per heavy atom. The number of sulfonamides is 1. The Morgan fingerprint density at radius 2 is 1.74 bits per heavy atom. The van der Waals surface area contributed by atoms with Crippen LogP contribution in [0.4, 0.5) is 5.13 Å². The SMILES string of the molecule is COc1ccc(S(=O)(=O)N2CCN(CCC(=O)Nc3nc(-c4ccccc4)cs3)CC2)cc1OC. The number of nitrogens with zero attached hydrogens (tertiary/aromatic N) is 3. The fourth-order valence-electron chi connectivity index (χ4n) is 3.83. The largest absolute Gasteiger partial charge is 0.493 e. The van der Waals surface area contributed by atoms with Gasteiger partial charge in [0.25, 0.3) is 0 Å². The van der Waals surface area contributed by atoms with Crippen molar-refractivity contribution < 1.29 is 22.7 Å². The minimum absolute atomic E-state index is 0.112. The molecule has 1 aromatic heterocycles. The van der Waals surface area contributed by atoms with Gasteiger partial charge in [0.05, 0.1) is 24.8 Å². The monoisotopic (exact) mass is 516 g/mol. The van der Waals surface area contributed by atoms with E-state index in [9.17, 15) is 13.2 Å². The number of carbonyl (C=O) groups excluding carboxylic acids is 1. The van der Waals surface area contributed by atoms with Crippen molar-refractivity contribution in [1.82, 2.24) is 14.2 Å². The Bertz CT molecular complexity index is 1260. The Balaban J connectivity index is 1.26. The number of ether oxygens (including phenoxy) is 2. The number of amides is 1. The van der Waals surface area contributed by atoms with Crippen LogP contribution < -0.4 is 14.8 Å². The quantitative estimate of drug-likeness (QED) is 0.466. The molecule has 0 atom stereocenters. The topological polar surface area (TPSA) is 101 Å². The molecule has 2 heterocycles. The molecule has 1 saturated heterocycles. The van der Waals surface area contributed by atoms with Crippen molar-refractivity contribution in [1.29, 1.82) is 0 Å². The van der Waals surface area contributed by atoms with Crippen LogP contribution in [0, 0.1) is 0 Å². The normalized spacial score (nSPS) is 15.0. The maximum atomic E-state index is 13.1. The Labute approximate surface area is 209 Å². The highest BCUT2D eigenvalue weighted by atomic mass is 32.2. The van der Waals surface area contributed by atoms with Gasteiger partial charge >= 0.3 is 0 Å². The first-order valence-corrected chi connectivity index (χ1v) is 13.5. The number of hydrogen-bond acceptors (Lipinski definition) is 8. The fraction of sp³-hybridized carbons (Fsp3) is 0.333. The van der Waals surface area contributed by atoms with E-state index in [1.54, 1.807) is 6.07 Å². The molecule has 2 aromatic carbocycles. The highest BCUT2D eigenvalue weighted by Gasteiger charge is 2.29. The molecular formula is C24H28N4O5S2. The van der Waals surface area contributed by atoms with E-state index in [1.807, 2.05) is 35.7 Å². The van der Waals surface area contributed by atoms with Gasteiger partial charge in [-0.25, -0.2) is 13.4 Å². The number of anilines is 1. The molecule has 0 spiro atoms. The fourth-order valence-corrected chi connectivity index (χ4v) is 6.01. The summed E-state index contributed by atoms with van der Waals surface area (Å²) < 4.78 is 38.0. The summed E-state index contributed by atoms with van der Waals surface area (Å²) in [4.78, 5) is 19.2. The number of rotatable bonds is 9. The second kappa shape index (κ2) is 11.2. The van der Waals surface area contributed by atoms with E-state index in [0.717, 1.165) is 11.3 Å². The van der Waals surface area contributed by atoms with E-state index in [-0.39, 0.29) is 10.8 Å². The number of benzene rings is 2. The van der Waals surface area contributed by atoms with Crippen LogP contribution in [-0.2, 0) is 14.8 Å². The van der Waals surface area contributed by atoms with Gasteiger partial charge in [-0.2, -0.15) is 4.31 Å². The molecule has 0 saturated carbocycles. The molecule has 1 fully saturated rings. The Hall–Kier alpha value is -2.99. The molecule has 1 N–H and O–H groups in total. The predicted molar refractivity (Wildman–Crippen MR) is 136 cm³/mol. The number of methoxy groups -OCH3 is 2. The van der Waals surface area contributed by atoms with Gasteiger partial charge in [-0.05, 0) is 12.1 Å². The summed E-state index contributed by atoms with van der Waals surface area (Å²) in [5, 5.41) is 5.35. The summed E-state index contributed by atoms with van der Waals surface area (Å²) in [7, 11) is -0.674. The van der Waals surface area contributed by atoms with Gasteiger partial charge < -0.3 is 19.7 Å². The first-order valence-electron chi connectivity index (χ1n) is 11.2. The maximum Gasteiger partial charge on any atom is 0.243 e. The second-order valence-corrected chi connectivity index (χ2v) is 10.8. The van der Waals surface area contributed by atoms with Gasteiger partial charge in [-0.1, -0.05) is 30.3 Å². The van der Waals surface area contributed by atoms with Crippen LogP contribution >= 0.6 is 11.3 Å². The van der Waals surface area contributed by atoms with E-state index in [0.29, 0.717) is 55.8 Å².